The van der Waals surface area contributed by atoms with Gasteiger partial charge in [0.15, 0.2) is 0 Å². The zero-order chi connectivity index (χ0) is 25.1. The van der Waals surface area contributed by atoms with Crippen molar-refractivity contribution >= 4 is 33.6 Å². The molecule has 36 heavy (non-hydrogen) atoms. The molecule has 186 valence electrons. The van der Waals surface area contributed by atoms with Gasteiger partial charge >= 0.3 is 0 Å². The summed E-state index contributed by atoms with van der Waals surface area (Å²) in [4.78, 5) is 28.1. The van der Waals surface area contributed by atoms with Crippen LogP contribution in [0.1, 0.15) is 53.2 Å². The Hall–Kier alpha value is -3.65. The standard InChI is InChI=1S/C28H30N4O4/c1-15-12-31(13-16(2)35-15)28(34)19-6-7-21-22-8-20(24-11-30-36-17(24)3)9-23(27(29)33)26(22)32(25(21)10-19)14-18-4-5-18/h6-11,15-16,18H,4-5,12-14H2,1-3H3,(H2,29,33). The summed E-state index contributed by atoms with van der Waals surface area (Å²) in [6.07, 6.45) is 3.98. The summed E-state index contributed by atoms with van der Waals surface area (Å²) in [5.74, 6) is 0.750. The van der Waals surface area contributed by atoms with Crippen LogP contribution in [-0.2, 0) is 11.3 Å². The number of benzene rings is 2. The number of fused-ring (bicyclic) bond motifs is 3. The van der Waals surface area contributed by atoms with Crippen molar-refractivity contribution in [3.8, 4) is 11.1 Å². The van der Waals surface area contributed by atoms with Gasteiger partial charge in [-0.05, 0) is 69.4 Å². The number of nitrogens with two attached hydrogens (primary N) is 1. The molecule has 2 N–H and O–H groups in total. The number of ether oxygens (including phenoxy) is 1. The van der Waals surface area contributed by atoms with Crippen LogP contribution in [-0.4, -0.2) is 51.7 Å². The van der Waals surface area contributed by atoms with Gasteiger partial charge in [-0.25, -0.2) is 0 Å². The number of morpholine rings is 1. The number of amides is 2. The van der Waals surface area contributed by atoms with E-state index < -0.39 is 5.91 Å². The van der Waals surface area contributed by atoms with E-state index in [0.29, 0.717) is 35.9 Å². The number of aryl methyl sites for hydroxylation is 1. The van der Waals surface area contributed by atoms with Gasteiger partial charge in [-0.1, -0.05) is 11.2 Å². The minimum absolute atomic E-state index is 0.000149. The summed E-state index contributed by atoms with van der Waals surface area (Å²) in [6, 6.07) is 9.75. The summed E-state index contributed by atoms with van der Waals surface area (Å²) < 4.78 is 13.3. The second kappa shape index (κ2) is 8.48. The Morgan fingerprint density at radius 1 is 1.08 bits per heavy atom. The lowest BCUT2D eigenvalue weighted by atomic mass is 9.99. The number of hydrogen-bond acceptors (Lipinski definition) is 5. The SMILES string of the molecule is Cc1oncc1-c1cc(C(N)=O)c2c(c1)c1ccc(C(=O)N3CC(C)OC(C)C3)cc1n2CC1CC1. The number of aromatic nitrogens is 2. The first-order valence-corrected chi connectivity index (χ1v) is 12.6. The van der Waals surface area contributed by atoms with Gasteiger partial charge in [-0.3, -0.25) is 9.59 Å². The summed E-state index contributed by atoms with van der Waals surface area (Å²) in [6.45, 7) is 7.76. The first-order chi connectivity index (χ1) is 17.3. The zero-order valence-electron chi connectivity index (χ0n) is 20.8. The molecule has 2 aliphatic rings. The Morgan fingerprint density at radius 2 is 1.83 bits per heavy atom. The first-order valence-electron chi connectivity index (χ1n) is 12.6. The van der Waals surface area contributed by atoms with Crippen molar-refractivity contribution in [3.05, 3.63) is 53.4 Å². The lowest BCUT2D eigenvalue weighted by Gasteiger charge is -2.35. The number of rotatable bonds is 5. The van der Waals surface area contributed by atoms with E-state index in [-0.39, 0.29) is 18.1 Å². The summed E-state index contributed by atoms with van der Waals surface area (Å²) >= 11 is 0. The van der Waals surface area contributed by atoms with Crippen molar-refractivity contribution in [2.75, 3.05) is 13.1 Å². The summed E-state index contributed by atoms with van der Waals surface area (Å²) in [5, 5.41) is 5.83. The van der Waals surface area contributed by atoms with Crippen LogP contribution in [0, 0.1) is 12.8 Å². The predicted molar refractivity (Wildman–Crippen MR) is 137 cm³/mol. The van der Waals surface area contributed by atoms with Crippen LogP contribution in [0.4, 0.5) is 0 Å². The molecule has 0 bridgehead atoms. The van der Waals surface area contributed by atoms with Crippen LogP contribution in [0.25, 0.3) is 32.9 Å². The number of carbonyl (C=O) groups excluding carboxylic acids is 2. The van der Waals surface area contributed by atoms with Gasteiger partial charge in [0.2, 0.25) is 0 Å². The Morgan fingerprint density at radius 3 is 2.47 bits per heavy atom. The highest BCUT2D eigenvalue weighted by molar-refractivity contribution is 6.17. The smallest absolute Gasteiger partial charge is 0.254 e. The molecular weight excluding hydrogens is 456 g/mol. The molecule has 3 heterocycles. The molecule has 1 aliphatic heterocycles. The van der Waals surface area contributed by atoms with E-state index in [0.717, 1.165) is 52.3 Å². The highest BCUT2D eigenvalue weighted by atomic mass is 16.5. The third kappa shape index (κ3) is 3.86. The molecule has 2 unspecified atom stereocenters. The maximum atomic E-state index is 13.5. The molecule has 2 fully saturated rings. The van der Waals surface area contributed by atoms with Crippen LogP contribution in [0.2, 0.25) is 0 Å². The molecule has 1 aliphatic carbocycles. The molecule has 4 aromatic rings. The highest BCUT2D eigenvalue weighted by Crippen LogP contribution is 2.40. The maximum absolute atomic E-state index is 13.5. The fourth-order valence-electron chi connectivity index (χ4n) is 5.56. The second-order valence-corrected chi connectivity index (χ2v) is 10.3. The largest absolute Gasteiger partial charge is 0.372 e. The molecule has 8 nitrogen and oxygen atoms in total. The van der Waals surface area contributed by atoms with Crippen molar-refractivity contribution in [3.63, 3.8) is 0 Å². The van der Waals surface area contributed by atoms with E-state index in [1.807, 2.05) is 49.9 Å². The van der Waals surface area contributed by atoms with Gasteiger partial charge in [0.05, 0.1) is 29.5 Å². The van der Waals surface area contributed by atoms with Gasteiger partial charge in [-0.15, -0.1) is 0 Å². The van der Waals surface area contributed by atoms with Crippen molar-refractivity contribution in [1.29, 1.82) is 0 Å². The molecule has 1 saturated heterocycles. The van der Waals surface area contributed by atoms with Crippen molar-refractivity contribution in [2.24, 2.45) is 11.7 Å². The zero-order valence-corrected chi connectivity index (χ0v) is 20.8. The number of nitrogens with zero attached hydrogens (tertiary/aromatic N) is 3. The third-order valence-corrected chi connectivity index (χ3v) is 7.38. The number of carbonyl (C=O) groups is 2. The van der Waals surface area contributed by atoms with Crippen molar-refractivity contribution in [1.82, 2.24) is 14.6 Å². The molecule has 2 atom stereocenters. The monoisotopic (exact) mass is 486 g/mol. The van der Waals surface area contributed by atoms with Crippen molar-refractivity contribution in [2.45, 2.75) is 52.4 Å². The van der Waals surface area contributed by atoms with Gasteiger partial charge in [0.1, 0.15) is 5.76 Å². The minimum atomic E-state index is -0.483. The van der Waals surface area contributed by atoms with Gasteiger partial charge in [-0.2, -0.15) is 0 Å². The fourth-order valence-corrected chi connectivity index (χ4v) is 5.56. The van der Waals surface area contributed by atoms with E-state index in [1.54, 1.807) is 6.20 Å². The first kappa shape index (κ1) is 22.8. The third-order valence-electron chi connectivity index (χ3n) is 7.38. The van der Waals surface area contributed by atoms with Crippen LogP contribution >= 0.6 is 0 Å². The molecule has 2 amide bonds. The fraction of sp³-hybridized carbons (Fsp3) is 0.393. The average Bonchev–Trinajstić information content (AvgIpc) is 3.49. The van der Waals surface area contributed by atoms with Gasteiger partial charge < -0.3 is 24.5 Å². The quantitative estimate of drug-likeness (QED) is 0.447. The normalized spacial score (nSPS) is 20.4. The topological polar surface area (TPSA) is 104 Å². The molecule has 6 rings (SSSR count). The van der Waals surface area contributed by atoms with Crippen LogP contribution in [0.15, 0.2) is 41.1 Å². The predicted octanol–water partition coefficient (Wildman–Crippen LogP) is 4.52. The second-order valence-electron chi connectivity index (χ2n) is 10.3. The average molecular weight is 487 g/mol. The molecule has 2 aromatic heterocycles. The van der Waals surface area contributed by atoms with Crippen molar-refractivity contribution < 1.29 is 18.8 Å². The lowest BCUT2D eigenvalue weighted by Crippen LogP contribution is -2.48. The molecule has 0 spiro atoms. The summed E-state index contributed by atoms with van der Waals surface area (Å²) in [5.41, 5.74) is 10.4. The Kier molecular flexibility index (Phi) is 5.37. The Labute approximate surface area is 209 Å². The highest BCUT2D eigenvalue weighted by Gasteiger charge is 2.29. The van der Waals surface area contributed by atoms with E-state index in [4.69, 9.17) is 15.0 Å². The van der Waals surface area contributed by atoms with E-state index in [1.165, 1.54) is 0 Å². The molecule has 1 saturated carbocycles. The van der Waals surface area contributed by atoms with E-state index >= 15 is 0 Å². The lowest BCUT2D eigenvalue weighted by molar-refractivity contribution is -0.0586. The van der Waals surface area contributed by atoms with Gasteiger partial charge in [0, 0.05) is 47.1 Å². The summed E-state index contributed by atoms with van der Waals surface area (Å²) in [7, 11) is 0. The molecular formula is C28H30N4O4. The molecule has 2 aromatic carbocycles. The van der Waals surface area contributed by atoms with Crippen LogP contribution in [0.5, 0.6) is 0 Å². The number of primary amides is 1. The minimum Gasteiger partial charge on any atom is -0.372 e. The Balaban J connectivity index is 1.55. The van der Waals surface area contributed by atoms with Crippen LogP contribution in [0.3, 0.4) is 0 Å². The van der Waals surface area contributed by atoms with E-state index in [9.17, 15) is 9.59 Å². The Bertz CT molecular complexity index is 1500. The maximum Gasteiger partial charge on any atom is 0.254 e. The van der Waals surface area contributed by atoms with Gasteiger partial charge in [0.25, 0.3) is 11.8 Å². The van der Waals surface area contributed by atoms with Crippen LogP contribution < -0.4 is 5.73 Å². The van der Waals surface area contributed by atoms with E-state index in [2.05, 4.69) is 15.8 Å². The number of hydrogen-bond donors (Lipinski definition) is 1. The molecule has 0 radical (unpaired) electrons. The molecule has 8 heteroatoms.